The molecule has 1 amide bonds. The van der Waals surface area contributed by atoms with Crippen molar-refractivity contribution in [1.29, 1.82) is 0 Å². The topological polar surface area (TPSA) is 60.9 Å². The van der Waals surface area contributed by atoms with Crippen LogP contribution in [0.2, 0.25) is 0 Å². The van der Waals surface area contributed by atoms with Gasteiger partial charge in [0.05, 0.1) is 4.90 Å². The molecule has 7 heteroatoms. The predicted molar refractivity (Wildman–Crippen MR) is 121 cm³/mol. The lowest BCUT2D eigenvalue weighted by Gasteiger charge is -2.38. The van der Waals surface area contributed by atoms with Crippen molar-refractivity contribution in [3.8, 4) is 0 Å². The van der Waals surface area contributed by atoms with Crippen molar-refractivity contribution in [2.75, 3.05) is 39.3 Å². The van der Waals surface area contributed by atoms with Crippen LogP contribution in [0, 0.1) is 12.8 Å². The highest BCUT2D eigenvalue weighted by Gasteiger charge is 2.33. The van der Waals surface area contributed by atoms with Gasteiger partial charge in [0.1, 0.15) is 0 Å². The number of amides is 1. The first-order valence-electron chi connectivity index (χ1n) is 11.1. The van der Waals surface area contributed by atoms with Gasteiger partial charge in [-0.3, -0.25) is 9.69 Å². The average molecular weight is 442 g/mol. The summed E-state index contributed by atoms with van der Waals surface area (Å²) < 4.78 is 27.1. The zero-order valence-electron chi connectivity index (χ0n) is 18.1. The van der Waals surface area contributed by atoms with E-state index in [1.807, 2.05) is 11.0 Å². The van der Waals surface area contributed by atoms with E-state index in [9.17, 15) is 13.2 Å². The molecule has 31 heavy (non-hydrogen) atoms. The summed E-state index contributed by atoms with van der Waals surface area (Å²) in [6.07, 6.45) is 1.74. The molecule has 6 nitrogen and oxygen atoms in total. The summed E-state index contributed by atoms with van der Waals surface area (Å²) in [7, 11) is -3.49. The number of benzene rings is 2. The number of piperidine rings is 1. The molecule has 0 bridgehead atoms. The highest BCUT2D eigenvalue weighted by atomic mass is 32.2. The van der Waals surface area contributed by atoms with E-state index in [0.717, 1.165) is 32.5 Å². The molecule has 2 aromatic carbocycles. The van der Waals surface area contributed by atoms with E-state index in [1.54, 1.807) is 24.3 Å². The number of carbonyl (C=O) groups excluding carboxylic acids is 1. The van der Waals surface area contributed by atoms with Crippen LogP contribution in [-0.4, -0.2) is 67.7 Å². The van der Waals surface area contributed by atoms with Crippen LogP contribution in [-0.2, 0) is 21.4 Å². The van der Waals surface area contributed by atoms with Crippen LogP contribution < -0.4 is 0 Å². The summed E-state index contributed by atoms with van der Waals surface area (Å²) in [5, 5.41) is 0. The van der Waals surface area contributed by atoms with Crippen molar-refractivity contribution in [2.45, 2.75) is 31.2 Å². The Kier molecular flexibility index (Phi) is 6.74. The molecule has 2 heterocycles. The molecule has 166 valence electrons. The van der Waals surface area contributed by atoms with Gasteiger partial charge in [0.25, 0.3) is 0 Å². The Morgan fingerprint density at radius 1 is 0.871 bits per heavy atom. The molecule has 0 saturated carbocycles. The molecule has 2 fully saturated rings. The first-order chi connectivity index (χ1) is 14.9. The van der Waals surface area contributed by atoms with Gasteiger partial charge in [-0.05, 0) is 50.6 Å². The fraction of sp³-hybridized carbons (Fsp3) is 0.458. The third-order valence-electron chi connectivity index (χ3n) is 6.39. The molecule has 0 radical (unpaired) electrons. The zero-order valence-corrected chi connectivity index (χ0v) is 18.9. The van der Waals surface area contributed by atoms with Gasteiger partial charge in [0, 0.05) is 38.6 Å². The van der Waals surface area contributed by atoms with Crippen molar-refractivity contribution in [3.05, 3.63) is 65.7 Å². The Hall–Kier alpha value is -2.22. The second kappa shape index (κ2) is 9.51. The van der Waals surface area contributed by atoms with Crippen molar-refractivity contribution < 1.29 is 13.2 Å². The van der Waals surface area contributed by atoms with Crippen LogP contribution in [0.5, 0.6) is 0 Å². The third-order valence-corrected chi connectivity index (χ3v) is 8.31. The molecule has 2 aliphatic rings. The van der Waals surface area contributed by atoms with E-state index in [0.29, 0.717) is 31.1 Å². The van der Waals surface area contributed by atoms with Gasteiger partial charge in [-0.2, -0.15) is 4.31 Å². The van der Waals surface area contributed by atoms with Crippen LogP contribution in [0.15, 0.2) is 59.5 Å². The Balaban J connectivity index is 1.26. The second-order valence-electron chi connectivity index (χ2n) is 8.58. The predicted octanol–water partition coefficient (Wildman–Crippen LogP) is 2.74. The summed E-state index contributed by atoms with van der Waals surface area (Å²) >= 11 is 0. The summed E-state index contributed by atoms with van der Waals surface area (Å²) in [5.41, 5.74) is 2.58. The first-order valence-corrected chi connectivity index (χ1v) is 12.5. The minimum atomic E-state index is -3.49. The number of carbonyl (C=O) groups is 1. The van der Waals surface area contributed by atoms with E-state index >= 15 is 0 Å². The van der Waals surface area contributed by atoms with Crippen molar-refractivity contribution in [2.24, 2.45) is 5.92 Å². The van der Waals surface area contributed by atoms with Gasteiger partial charge >= 0.3 is 0 Å². The quantitative estimate of drug-likeness (QED) is 0.716. The molecular formula is C24H31N3O3S. The number of hydrogen-bond donors (Lipinski definition) is 0. The standard InChI is InChI=1S/C24H31N3O3S/c1-20-7-9-21(10-8-20)19-25-13-11-22(12-14-25)24(28)26-15-17-27(18-16-26)31(29,30)23-5-3-2-4-6-23/h2-10,22H,11-19H2,1H3. The van der Waals surface area contributed by atoms with Gasteiger partial charge in [-0.25, -0.2) is 8.42 Å². The maximum Gasteiger partial charge on any atom is 0.243 e. The smallest absolute Gasteiger partial charge is 0.243 e. The molecule has 0 unspecified atom stereocenters. The number of piperazine rings is 1. The summed E-state index contributed by atoms with van der Waals surface area (Å²) in [4.78, 5) is 17.6. The lowest BCUT2D eigenvalue weighted by Crippen LogP contribution is -2.52. The minimum absolute atomic E-state index is 0.0477. The van der Waals surface area contributed by atoms with Crippen LogP contribution in [0.1, 0.15) is 24.0 Å². The third kappa shape index (κ3) is 5.17. The van der Waals surface area contributed by atoms with E-state index < -0.39 is 10.0 Å². The molecule has 0 atom stereocenters. The first kappa shape index (κ1) is 22.0. The van der Waals surface area contributed by atoms with Crippen LogP contribution in [0.3, 0.4) is 0 Å². The molecular weight excluding hydrogens is 410 g/mol. The molecule has 2 aliphatic heterocycles. The number of rotatable bonds is 5. The lowest BCUT2D eigenvalue weighted by molar-refractivity contribution is -0.138. The van der Waals surface area contributed by atoms with Crippen molar-refractivity contribution in [3.63, 3.8) is 0 Å². The SMILES string of the molecule is Cc1ccc(CN2CCC(C(=O)N3CCN(S(=O)(=O)c4ccccc4)CC3)CC2)cc1. The maximum absolute atomic E-state index is 13.0. The number of hydrogen-bond acceptors (Lipinski definition) is 4. The molecule has 0 aromatic heterocycles. The molecule has 4 rings (SSSR count). The number of sulfonamides is 1. The summed E-state index contributed by atoms with van der Waals surface area (Å²) in [6.45, 7) is 6.52. The van der Waals surface area contributed by atoms with Crippen LogP contribution in [0.4, 0.5) is 0 Å². The minimum Gasteiger partial charge on any atom is -0.340 e. The highest BCUT2D eigenvalue weighted by Crippen LogP contribution is 2.23. The summed E-state index contributed by atoms with van der Waals surface area (Å²) in [5.74, 6) is 0.235. The zero-order chi connectivity index (χ0) is 21.8. The number of likely N-dealkylation sites (tertiary alicyclic amines) is 1. The van der Waals surface area contributed by atoms with Gasteiger partial charge in [0.2, 0.25) is 15.9 Å². The van der Waals surface area contributed by atoms with Crippen molar-refractivity contribution >= 4 is 15.9 Å². The van der Waals surface area contributed by atoms with E-state index in [-0.39, 0.29) is 11.8 Å². The Morgan fingerprint density at radius 3 is 2.10 bits per heavy atom. The van der Waals surface area contributed by atoms with Crippen molar-refractivity contribution in [1.82, 2.24) is 14.1 Å². The maximum atomic E-state index is 13.0. The summed E-state index contributed by atoms with van der Waals surface area (Å²) in [6, 6.07) is 17.2. The lowest BCUT2D eigenvalue weighted by atomic mass is 9.94. The van der Waals surface area contributed by atoms with E-state index in [2.05, 4.69) is 36.1 Å². The second-order valence-corrected chi connectivity index (χ2v) is 10.5. The fourth-order valence-electron chi connectivity index (χ4n) is 4.44. The fourth-order valence-corrected chi connectivity index (χ4v) is 5.88. The van der Waals surface area contributed by atoms with Gasteiger partial charge < -0.3 is 4.90 Å². The van der Waals surface area contributed by atoms with Gasteiger partial charge in [-0.1, -0.05) is 48.0 Å². The molecule has 2 aromatic rings. The Bertz CT molecular complexity index is 976. The van der Waals surface area contributed by atoms with Gasteiger partial charge in [-0.15, -0.1) is 0 Å². The average Bonchev–Trinajstić information content (AvgIpc) is 2.81. The highest BCUT2D eigenvalue weighted by molar-refractivity contribution is 7.89. The van der Waals surface area contributed by atoms with Crippen LogP contribution in [0.25, 0.3) is 0 Å². The normalized spacial score (nSPS) is 19.5. The monoisotopic (exact) mass is 441 g/mol. The molecule has 0 N–H and O–H groups in total. The molecule has 0 spiro atoms. The Labute approximate surface area is 185 Å². The number of nitrogens with zero attached hydrogens (tertiary/aromatic N) is 3. The van der Waals surface area contributed by atoms with Gasteiger partial charge in [0.15, 0.2) is 0 Å². The van der Waals surface area contributed by atoms with Crippen LogP contribution >= 0.6 is 0 Å². The van der Waals surface area contributed by atoms with E-state index in [4.69, 9.17) is 0 Å². The molecule has 2 saturated heterocycles. The van der Waals surface area contributed by atoms with E-state index in [1.165, 1.54) is 15.4 Å². The number of aryl methyl sites for hydroxylation is 1. The Morgan fingerprint density at radius 2 is 1.48 bits per heavy atom. The molecule has 0 aliphatic carbocycles. The largest absolute Gasteiger partial charge is 0.340 e.